The van der Waals surface area contributed by atoms with Gasteiger partial charge < -0.3 is 19.6 Å². The van der Waals surface area contributed by atoms with Gasteiger partial charge in [0.1, 0.15) is 6.61 Å². The monoisotopic (exact) mass is 242 g/mol. The van der Waals surface area contributed by atoms with Gasteiger partial charge in [-0.2, -0.15) is 0 Å². The molecule has 0 aromatic heterocycles. The molecule has 0 bridgehead atoms. The van der Waals surface area contributed by atoms with Crippen molar-refractivity contribution in [3.05, 3.63) is 0 Å². The molecule has 2 aliphatic rings. The molecule has 0 aromatic rings. The van der Waals surface area contributed by atoms with E-state index in [9.17, 15) is 9.90 Å². The van der Waals surface area contributed by atoms with Gasteiger partial charge in [-0.15, -0.1) is 0 Å². The molecular weight excluding hydrogens is 220 g/mol. The first-order chi connectivity index (χ1) is 8.31. The Morgan fingerprint density at radius 1 is 1.24 bits per heavy atom. The van der Waals surface area contributed by atoms with E-state index in [2.05, 4.69) is 4.90 Å². The average Bonchev–Trinajstić information content (AvgIpc) is 2.38. The maximum atomic E-state index is 11.7. The van der Waals surface area contributed by atoms with Gasteiger partial charge in [-0.3, -0.25) is 4.79 Å². The van der Waals surface area contributed by atoms with Crippen LogP contribution in [0.15, 0.2) is 0 Å². The summed E-state index contributed by atoms with van der Waals surface area (Å²) in [5, 5.41) is 9.23. The third-order valence-corrected chi connectivity index (χ3v) is 3.61. The van der Waals surface area contributed by atoms with E-state index in [-0.39, 0.29) is 25.2 Å². The molecule has 0 saturated carbocycles. The Labute approximate surface area is 102 Å². The number of aliphatic hydroxyl groups excluding tert-OH is 1. The Hall–Kier alpha value is -0.650. The molecule has 1 N–H and O–H groups in total. The largest absolute Gasteiger partial charge is 0.394 e. The third-order valence-electron chi connectivity index (χ3n) is 3.61. The number of hydrogen-bond donors (Lipinski definition) is 1. The number of hydrogen-bond acceptors (Lipinski definition) is 4. The van der Waals surface area contributed by atoms with Crippen LogP contribution in [0.2, 0.25) is 0 Å². The molecule has 1 unspecified atom stereocenters. The van der Waals surface area contributed by atoms with Crippen molar-refractivity contribution in [1.29, 1.82) is 0 Å². The smallest absolute Gasteiger partial charge is 0.249 e. The lowest BCUT2D eigenvalue weighted by Gasteiger charge is -2.36. The number of ether oxygens (including phenoxy) is 1. The summed E-state index contributed by atoms with van der Waals surface area (Å²) in [6.45, 7) is 4.53. The Balaban J connectivity index is 1.80. The number of rotatable bonds is 4. The number of likely N-dealkylation sites (tertiary alicyclic amines) is 1. The zero-order valence-electron chi connectivity index (χ0n) is 10.3. The highest BCUT2D eigenvalue weighted by atomic mass is 16.5. The van der Waals surface area contributed by atoms with Crippen LogP contribution in [0, 0.1) is 0 Å². The van der Waals surface area contributed by atoms with Crippen molar-refractivity contribution in [1.82, 2.24) is 9.80 Å². The van der Waals surface area contributed by atoms with Gasteiger partial charge in [0.25, 0.3) is 0 Å². The number of morpholine rings is 1. The summed E-state index contributed by atoms with van der Waals surface area (Å²) in [5.41, 5.74) is 0. The van der Waals surface area contributed by atoms with Gasteiger partial charge in [-0.05, 0) is 25.9 Å². The fourth-order valence-corrected chi connectivity index (χ4v) is 2.55. The van der Waals surface area contributed by atoms with E-state index in [0.717, 1.165) is 19.6 Å². The molecule has 17 heavy (non-hydrogen) atoms. The molecule has 2 aliphatic heterocycles. The maximum absolute atomic E-state index is 11.7. The van der Waals surface area contributed by atoms with E-state index in [1.54, 1.807) is 4.90 Å². The van der Waals surface area contributed by atoms with Gasteiger partial charge in [0.15, 0.2) is 0 Å². The van der Waals surface area contributed by atoms with E-state index in [4.69, 9.17) is 4.74 Å². The van der Waals surface area contributed by atoms with Gasteiger partial charge >= 0.3 is 0 Å². The summed E-state index contributed by atoms with van der Waals surface area (Å²) in [6.07, 6.45) is 3.85. The van der Waals surface area contributed by atoms with Crippen LogP contribution in [0.3, 0.4) is 0 Å². The van der Waals surface area contributed by atoms with Crippen LogP contribution in [0.25, 0.3) is 0 Å². The highest BCUT2D eigenvalue weighted by Crippen LogP contribution is 2.11. The second-order valence-electron chi connectivity index (χ2n) is 4.84. The Morgan fingerprint density at radius 2 is 2.00 bits per heavy atom. The molecule has 5 heteroatoms. The molecule has 2 heterocycles. The molecule has 0 aromatic carbocycles. The van der Waals surface area contributed by atoms with Gasteiger partial charge in [0, 0.05) is 13.1 Å². The lowest BCUT2D eigenvalue weighted by Crippen LogP contribution is -2.53. The van der Waals surface area contributed by atoms with E-state index >= 15 is 0 Å². The summed E-state index contributed by atoms with van der Waals surface area (Å²) < 4.78 is 5.14. The summed E-state index contributed by atoms with van der Waals surface area (Å²) in [7, 11) is 0. The summed E-state index contributed by atoms with van der Waals surface area (Å²) in [6, 6.07) is -0.152. The van der Waals surface area contributed by atoms with Crippen LogP contribution in [0.5, 0.6) is 0 Å². The number of carbonyl (C=O) groups is 1. The first kappa shape index (κ1) is 12.8. The summed E-state index contributed by atoms with van der Waals surface area (Å²) >= 11 is 0. The molecule has 1 amide bonds. The van der Waals surface area contributed by atoms with Crippen molar-refractivity contribution >= 4 is 5.91 Å². The maximum Gasteiger partial charge on any atom is 0.249 e. The van der Waals surface area contributed by atoms with Crippen LogP contribution < -0.4 is 0 Å². The lowest BCUT2D eigenvalue weighted by molar-refractivity contribution is -0.150. The first-order valence-electron chi connectivity index (χ1n) is 6.51. The minimum absolute atomic E-state index is 0.00677. The van der Waals surface area contributed by atoms with Crippen molar-refractivity contribution in [2.75, 3.05) is 46.0 Å². The molecule has 0 aliphatic carbocycles. The van der Waals surface area contributed by atoms with Crippen molar-refractivity contribution in [3.8, 4) is 0 Å². The second-order valence-corrected chi connectivity index (χ2v) is 4.84. The van der Waals surface area contributed by atoms with Crippen molar-refractivity contribution in [2.45, 2.75) is 25.3 Å². The van der Waals surface area contributed by atoms with Crippen molar-refractivity contribution in [2.24, 2.45) is 0 Å². The topological polar surface area (TPSA) is 53.0 Å². The van der Waals surface area contributed by atoms with Gasteiger partial charge in [-0.25, -0.2) is 0 Å². The van der Waals surface area contributed by atoms with Gasteiger partial charge in [-0.1, -0.05) is 6.42 Å². The van der Waals surface area contributed by atoms with E-state index in [1.807, 2.05) is 0 Å². The SMILES string of the molecule is O=C1COCC(CO)N1CCN1CCCCC1. The minimum atomic E-state index is -0.152. The number of piperidine rings is 1. The van der Waals surface area contributed by atoms with Gasteiger partial charge in [0.2, 0.25) is 5.91 Å². The van der Waals surface area contributed by atoms with Crippen LogP contribution in [-0.2, 0) is 9.53 Å². The minimum Gasteiger partial charge on any atom is -0.394 e. The Kier molecular flexibility index (Phi) is 4.76. The fraction of sp³-hybridized carbons (Fsp3) is 0.917. The van der Waals surface area contributed by atoms with Crippen LogP contribution in [0.4, 0.5) is 0 Å². The molecular formula is C12H22N2O3. The summed E-state index contributed by atoms with van der Waals surface area (Å²) in [5.74, 6) is 0.00677. The molecule has 2 saturated heterocycles. The van der Waals surface area contributed by atoms with Crippen molar-refractivity contribution < 1.29 is 14.6 Å². The molecule has 2 rings (SSSR count). The second kappa shape index (κ2) is 6.33. The Bertz CT molecular complexity index is 254. The van der Waals surface area contributed by atoms with Crippen LogP contribution >= 0.6 is 0 Å². The van der Waals surface area contributed by atoms with Crippen LogP contribution in [-0.4, -0.2) is 72.9 Å². The average molecular weight is 242 g/mol. The molecule has 0 radical (unpaired) electrons. The first-order valence-corrected chi connectivity index (χ1v) is 6.51. The third kappa shape index (κ3) is 3.40. The highest BCUT2D eigenvalue weighted by molar-refractivity contribution is 5.78. The standard InChI is InChI=1S/C12H22N2O3/c15-8-11-9-17-10-12(16)14(11)7-6-13-4-2-1-3-5-13/h11,15H,1-10H2. The molecule has 0 spiro atoms. The van der Waals surface area contributed by atoms with Crippen molar-refractivity contribution in [3.63, 3.8) is 0 Å². The zero-order valence-corrected chi connectivity index (χ0v) is 10.3. The number of amides is 1. The molecule has 98 valence electrons. The van der Waals surface area contributed by atoms with E-state index in [1.165, 1.54) is 19.3 Å². The Morgan fingerprint density at radius 3 is 2.71 bits per heavy atom. The number of nitrogens with zero attached hydrogens (tertiary/aromatic N) is 2. The zero-order chi connectivity index (χ0) is 12.1. The lowest BCUT2D eigenvalue weighted by atomic mass is 10.1. The highest BCUT2D eigenvalue weighted by Gasteiger charge is 2.28. The number of carbonyl (C=O) groups excluding carboxylic acids is 1. The number of aliphatic hydroxyl groups is 1. The van der Waals surface area contributed by atoms with Gasteiger partial charge in [0.05, 0.1) is 19.3 Å². The summed E-state index contributed by atoms with van der Waals surface area (Å²) in [4.78, 5) is 15.9. The quantitative estimate of drug-likeness (QED) is 0.735. The normalized spacial score (nSPS) is 27.5. The van der Waals surface area contributed by atoms with E-state index in [0.29, 0.717) is 13.2 Å². The molecule has 1 atom stereocenters. The molecule has 2 fully saturated rings. The predicted octanol–water partition coefficient (Wildman–Crippen LogP) is -0.308. The van der Waals surface area contributed by atoms with E-state index < -0.39 is 0 Å². The fourth-order valence-electron chi connectivity index (χ4n) is 2.55. The van der Waals surface area contributed by atoms with Crippen LogP contribution in [0.1, 0.15) is 19.3 Å². The molecule has 5 nitrogen and oxygen atoms in total. The predicted molar refractivity (Wildman–Crippen MR) is 63.7 cm³/mol.